The lowest BCUT2D eigenvalue weighted by Gasteiger charge is -2.17. The van der Waals surface area contributed by atoms with E-state index in [0.29, 0.717) is 0 Å². The first-order valence-electron chi connectivity index (χ1n) is 6.45. The van der Waals surface area contributed by atoms with Gasteiger partial charge in [-0.1, -0.05) is 18.2 Å². The molecule has 0 bridgehead atoms. The smallest absolute Gasteiger partial charge is 0.328 e. The Morgan fingerprint density at radius 3 is 2.39 bits per heavy atom. The van der Waals surface area contributed by atoms with Gasteiger partial charge in [0, 0.05) is 5.56 Å². The van der Waals surface area contributed by atoms with Gasteiger partial charge in [-0.25, -0.2) is 22.0 Å². The summed E-state index contributed by atoms with van der Waals surface area (Å²) < 4.78 is 58.3. The van der Waals surface area contributed by atoms with E-state index in [1.54, 1.807) is 6.07 Å². The number of esters is 1. The average Bonchev–Trinajstić information content (AvgIpc) is 2.55. The van der Waals surface area contributed by atoms with Crippen molar-refractivity contribution in [2.45, 2.75) is 10.9 Å². The number of ether oxygens (including phenoxy) is 1. The monoisotopic (exact) mass is 341 g/mol. The summed E-state index contributed by atoms with van der Waals surface area (Å²) in [4.78, 5) is 11.7. The molecule has 0 spiro atoms. The van der Waals surface area contributed by atoms with Crippen LogP contribution in [-0.4, -0.2) is 21.5 Å². The first-order chi connectivity index (χ1) is 10.8. The molecule has 1 atom stereocenters. The van der Waals surface area contributed by atoms with Crippen LogP contribution in [0.1, 0.15) is 11.6 Å². The second kappa shape index (κ2) is 6.84. The highest BCUT2D eigenvalue weighted by Gasteiger charge is 2.30. The first-order valence-corrected chi connectivity index (χ1v) is 7.93. The molecule has 2 aromatic rings. The van der Waals surface area contributed by atoms with Crippen LogP contribution in [0, 0.1) is 11.6 Å². The Morgan fingerprint density at radius 2 is 1.78 bits per heavy atom. The van der Waals surface area contributed by atoms with Crippen LogP contribution in [-0.2, 0) is 19.6 Å². The molecule has 2 aromatic carbocycles. The van der Waals surface area contributed by atoms with Gasteiger partial charge in [0.15, 0.2) is 0 Å². The summed E-state index contributed by atoms with van der Waals surface area (Å²) in [6.07, 6.45) is 0. The maximum Gasteiger partial charge on any atom is 0.328 e. The zero-order chi connectivity index (χ0) is 17.0. The summed E-state index contributed by atoms with van der Waals surface area (Å²) in [6, 6.07) is 7.90. The van der Waals surface area contributed by atoms with Crippen molar-refractivity contribution in [2.24, 2.45) is 0 Å². The molecule has 8 heteroatoms. The van der Waals surface area contributed by atoms with Crippen LogP contribution >= 0.6 is 0 Å². The number of hydrogen-bond donors (Lipinski definition) is 1. The highest BCUT2D eigenvalue weighted by atomic mass is 32.2. The lowest BCUT2D eigenvalue weighted by molar-refractivity contribution is -0.142. The third kappa shape index (κ3) is 3.91. The third-order valence-electron chi connectivity index (χ3n) is 3.03. The van der Waals surface area contributed by atoms with Crippen molar-refractivity contribution in [2.75, 3.05) is 7.11 Å². The van der Waals surface area contributed by atoms with Gasteiger partial charge >= 0.3 is 5.97 Å². The van der Waals surface area contributed by atoms with Gasteiger partial charge in [-0.2, -0.15) is 4.72 Å². The molecule has 0 aliphatic heterocycles. The molecule has 1 N–H and O–H groups in total. The van der Waals surface area contributed by atoms with E-state index in [0.717, 1.165) is 25.3 Å². The highest BCUT2D eigenvalue weighted by Crippen LogP contribution is 2.22. The van der Waals surface area contributed by atoms with Crippen molar-refractivity contribution in [1.82, 2.24) is 4.72 Å². The Labute approximate surface area is 132 Å². The third-order valence-corrected chi connectivity index (χ3v) is 4.47. The molecule has 0 saturated carbocycles. The standard InChI is InChI=1S/C15H13F2NO4S/c1-22-15(19)14(12-9-10(16)7-8-13(12)17)18-23(20,21)11-5-3-2-4-6-11/h2-9,14,18H,1H3. The fraction of sp³-hybridized carbons (Fsp3) is 0.133. The summed E-state index contributed by atoms with van der Waals surface area (Å²) in [5.74, 6) is -2.80. The van der Waals surface area contributed by atoms with Gasteiger partial charge in [-0.3, -0.25) is 0 Å². The first kappa shape index (κ1) is 17.0. The fourth-order valence-electron chi connectivity index (χ4n) is 1.92. The highest BCUT2D eigenvalue weighted by molar-refractivity contribution is 7.89. The van der Waals surface area contributed by atoms with E-state index in [-0.39, 0.29) is 4.90 Å². The number of benzene rings is 2. The second-order valence-electron chi connectivity index (χ2n) is 4.56. The van der Waals surface area contributed by atoms with Gasteiger partial charge in [0.2, 0.25) is 10.0 Å². The number of carbonyl (C=O) groups is 1. The van der Waals surface area contributed by atoms with E-state index < -0.39 is 39.2 Å². The fourth-order valence-corrected chi connectivity index (χ4v) is 3.10. The van der Waals surface area contributed by atoms with Crippen molar-refractivity contribution < 1.29 is 26.7 Å². The molecule has 5 nitrogen and oxygen atoms in total. The van der Waals surface area contributed by atoms with Crippen LogP contribution in [0.5, 0.6) is 0 Å². The van der Waals surface area contributed by atoms with Crippen molar-refractivity contribution in [3.63, 3.8) is 0 Å². The molecule has 0 aliphatic carbocycles. The molecule has 1 unspecified atom stereocenters. The zero-order valence-electron chi connectivity index (χ0n) is 12.0. The number of methoxy groups -OCH3 is 1. The maximum absolute atomic E-state index is 13.9. The van der Waals surface area contributed by atoms with Crippen molar-refractivity contribution >= 4 is 16.0 Å². The second-order valence-corrected chi connectivity index (χ2v) is 6.27. The molecule has 122 valence electrons. The maximum atomic E-state index is 13.9. The van der Waals surface area contributed by atoms with E-state index in [4.69, 9.17) is 0 Å². The summed E-state index contributed by atoms with van der Waals surface area (Å²) >= 11 is 0. The molecule has 23 heavy (non-hydrogen) atoms. The molecular weight excluding hydrogens is 328 g/mol. The molecular formula is C15H13F2NO4S. The molecule has 0 aliphatic rings. The van der Waals surface area contributed by atoms with Gasteiger partial charge in [0.05, 0.1) is 12.0 Å². The number of rotatable bonds is 5. The van der Waals surface area contributed by atoms with Crippen molar-refractivity contribution in [1.29, 1.82) is 0 Å². The molecule has 0 radical (unpaired) electrons. The average molecular weight is 341 g/mol. The molecule has 2 rings (SSSR count). The van der Waals surface area contributed by atoms with Crippen molar-refractivity contribution in [3.05, 3.63) is 65.7 Å². The van der Waals surface area contributed by atoms with E-state index >= 15 is 0 Å². The number of carbonyl (C=O) groups excluding carboxylic acids is 1. The lowest BCUT2D eigenvalue weighted by Crippen LogP contribution is -2.35. The minimum Gasteiger partial charge on any atom is -0.468 e. The number of halogens is 2. The Bertz CT molecular complexity index is 809. The van der Waals surface area contributed by atoms with E-state index in [9.17, 15) is 22.0 Å². The summed E-state index contributed by atoms with van der Waals surface area (Å²) in [5.41, 5.74) is -0.462. The Kier molecular flexibility index (Phi) is 5.07. The summed E-state index contributed by atoms with van der Waals surface area (Å²) in [5, 5.41) is 0. The topological polar surface area (TPSA) is 72.5 Å². The largest absolute Gasteiger partial charge is 0.468 e. The Hall–Kier alpha value is -2.32. The lowest BCUT2D eigenvalue weighted by atomic mass is 10.1. The minimum atomic E-state index is -4.13. The SMILES string of the molecule is COC(=O)C(NS(=O)(=O)c1ccccc1)c1cc(F)ccc1F. The Balaban J connectivity index is 2.45. The van der Waals surface area contributed by atoms with Gasteiger partial charge in [0.1, 0.15) is 17.7 Å². The zero-order valence-corrected chi connectivity index (χ0v) is 12.8. The number of hydrogen-bond acceptors (Lipinski definition) is 4. The summed E-state index contributed by atoms with van der Waals surface area (Å²) in [7, 11) is -3.12. The van der Waals surface area contributed by atoms with Crippen LogP contribution in [0.3, 0.4) is 0 Å². The molecule has 0 aromatic heterocycles. The quantitative estimate of drug-likeness (QED) is 0.846. The number of sulfonamides is 1. The molecule has 0 amide bonds. The number of nitrogens with one attached hydrogen (secondary N) is 1. The normalized spacial score (nSPS) is 12.7. The Morgan fingerprint density at radius 1 is 1.13 bits per heavy atom. The van der Waals surface area contributed by atoms with Crippen LogP contribution in [0.4, 0.5) is 8.78 Å². The van der Waals surface area contributed by atoms with Crippen LogP contribution < -0.4 is 4.72 Å². The van der Waals surface area contributed by atoms with Gasteiger partial charge in [0.25, 0.3) is 0 Å². The minimum absolute atomic E-state index is 0.120. The van der Waals surface area contributed by atoms with Crippen LogP contribution in [0.15, 0.2) is 53.4 Å². The van der Waals surface area contributed by atoms with E-state index in [1.807, 2.05) is 4.72 Å². The summed E-state index contributed by atoms with van der Waals surface area (Å²) in [6.45, 7) is 0. The molecule has 0 saturated heterocycles. The van der Waals surface area contributed by atoms with Gasteiger partial charge < -0.3 is 4.74 Å². The van der Waals surface area contributed by atoms with E-state index in [1.165, 1.54) is 24.3 Å². The van der Waals surface area contributed by atoms with E-state index in [2.05, 4.69) is 4.74 Å². The molecule has 0 fully saturated rings. The predicted octanol–water partition coefficient (Wildman–Crippen LogP) is 2.16. The van der Waals surface area contributed by atoms with Crippen LogP contribution in [0.25, 0.3) is 0 Å². The van der Waals surface area contributed by atoms with Gasteiger partial charge in [-0.15, -0.1) is 0 Å². The van der Waals surface area contributed by atoms with Crippen LogP contribution in [0.2, 0.25) is 0 Å². The predicted molar refractivity (Wildman–Crippen MR) is 77.9 cm³/mol. The molecule has 0 heterocycles. The van der Waals surface area contributed by atoms with Crippen molar-refractivity contribution in [3.8, 4) is 0 Å². The van der Waals surface area contributed by atoms with Gasteiger partial charge in [-0.05, 0) is 30.3 Å².